The normalized spacial score (nSPS) is 10.5. The molecular formula is C22H21ClN2O5S. The van der Waals surface area contributed by atoms with Crippen molar-refractivity contribution >= 4 is 50.8 Å². The van der Waals surface area contributed by atoms with Crippen LogP contribution in [0.3, 0.4) is 0 Å². The topological polar surface area (TPSA) is 84.9 Å². The fourth-order valence-electron chi connectivity index (χ4n) is 2.87. The molecule has 1 N–H and O–H groups in total. The van der Waals surface area contributed by atoms with Crippen molar-refractivity contribution in [1.29, 1.82) is 0 Å². The smallest absolute Gasteiger partial charge is 0.325 e. The average molecular weight is 461 g/mol. The minimum absolute atomic E-state index is 0.307. The molecule has 0 bridgehead atoms. The molecule has 2 aromatic carbocycles. The van der Waals surface area contributed by atoms with Gasteiger partial charge in [-0.3, -0.25) is 14.4 Å². The number of benzene rings is 2. The van der Waals surface area contributed by atoms with Gasteiger partial charge in [0.25, 0.3) is 11.8 Å². The molecule has 3 rings (SSSR count). The second-order valence-electron chi connectivity index (χ2n) is 6.65. The number of thiophene rings is 1. The van der Waals surface area contributed by atoms with Gasteiger partial charge in [-0.1, -0.05) is 48.0 Å². The summed E-state index contributed by atoms with van der Waals surface area (Å²) in [5.41, 5.74) is 0.833. The first-order chi connectivity index (χ1) is 14.9. The van der Waals surface area contributed by atoms with Crippen LogP contribution in [0.15, 0.2) is 48.5 Å². The molecule has 0 fully saturated rings. The Balaban J connectivity index is 1.47. The van der Waals surface area contributed by atoms with Crippen molar-refractivity contribution in [3.8, 4) is 5.75 Å². The molecule has 0 saturated carbocycles. The monoisotopic (exact) mass is 460 g/mol. The number of methoxy groups -OCH3 is 1. The number of esters is 1. The zero-order valence-electron chi connectivity index (χ0n) is 17.0. The van der Waals surface area contributed by atoms with Crippen molar-refractivity contribution in [2.45, 2.75) is 6.54 Å². The van der Waals surface area contributed by atoms with Crippen molar-refractivity contribution in [1.82, 2.24) is 10.2 Å². The van der Waals surface area contributed by atoms with E-state index in [4.69, 9.17) is 21.1 Å². The standard InChI is InChI=1S/C22H21ClN2O5S/c1-25(12-14-7-3-5-9-16(14)29-2)18(26)13-30-19(27)11-24-22(28)21-20(23)15-8-4-6-10-17(15)31-21/h3-10H,11-13H2,1-2H3,(H,24,28). The number of carbonyl (C=O) groups is 3. The average Bonchev–Trinajstić information content (AvgIpc) is 3.12. The predicted molar refractivity (Wildman–Crippen MR) is 120 cm³/mol. The summed E-state index contributed by atoms with van der Waals surface area (Å²) in [4.78, 5) is 38.3. The second kappa shape index (κ2) is 10.3. The van der Waals surface area contributed by atoms with Gasteiger partial charge in [-0.25, -0.2) is 0 Å². The number of halogens is 1. The summed E-state index contributed by atoms with van der Waals surface area (Å²) in [6.07, 6.45) is 0. The van der Waals surface area contributed by atoms with Crippen LogP contribution in [0.5, 0.6) is 5.75 Å². The molecule has 0 spiro atoms. The number of fused-ring (bicyclic) bond motifs is 1. The van der Waals surface area contributed by atoms with E-state index in [-0.39, 0.29) is 12.5 Å². The molecule has 0 aliphatic carbocycles. The molecule has 31 heavy (non-hydrogen) atoms. The second-order valence-corrected chi connectivity index (χ2v) is 8.08. The lowest BCUT2D eigenvalue weighted by Crippen LogP contribution is -2.34. The largest absolute Gasteiger partial charge is 0.496 e. The van der Waals surface area contributed by atoms with Crippen LogP contribution in [0, 0.1) is 0 Å². The third-order valence-corrected chi connectivity index (χ3v) is 6.19. The molecule has 0 radical (unpaired) electrons. The van der Waals surface area contributed by atoms with Gasteiger partial charge in [0.2, 0.25) is 0 Å². The Morgan fingerprint density at radius 2 is 1.81 bits per heavy atom. The van der Waals surface area contributed by atoms with Crippen LogP contribution < -0.4 is 10.1 Å². The molecule has 3 aromatic rings. The zero-order valence-corrected chi connectivity index (χ0v) is 18.6. The molecule has 2 amide bonds. The lowest BCUT2D eigenvalue weighted by atomic mass is 10.2. The lowest BCUT2D eigenvalue weighted by molar-refractivity contribution is -0.150. The fraction of sp³-hybridized carbons (Fsp3) is 0.227. The van der Waals surface area contributed by atoms with Gasteiger partial charge in [0, 0.05) is 29.2 Å². The number of likely N-dealkylation sites (N-methyl/N-ethyl adjacent to an activating group) is 1. The zero-order chi connectivity index (χ0) is 22.4. The molecule has 0 atom stereocenters. The van der Waals surface area contributed by atoms with Crippen LogP contribution in [-0.4, -0.2) is 50.0 Å². The molecule has 1 heterocycles. The van der Waals surface area contributed by atoms with Crippen LogP contribution in [0.1, 0.15) is 15.2 Å². The van der Waals surface area contributed by atoms with Gasteiger partial charge in [-0.05, 0) is 12.1 Å². The molecule has 162 valence electrons. The Morgan fingerprint density at radius 1 is 1.10 bits per heavy atom. The molecule has 9 heteroatoms. The van der Waals surface area contributed by atoms with Gasteiger partial charge in [-0.15, -0.1) is 11.3 Å². The minimum Gasteiger partial charge on any atom is -0.496 e. The van der Waals surface area contributed by atoms with Crippen molar-refractivity contribution in [3.05, 3.63) is 64.0 Å². The highest BCUT2D eigenvalue weighted by molar-refractivity contribution is 7.21. The Kier molecular flexibility index (Phi) is 7.49. The van der Waals surface area contributed by atoms with Crippen LogP contribution in [-0.2, 0) is 20.9 Å². The molecule has 0 unspecified atom stereocenters. The highest BCUT2D eigenvalue weighted by atomic mass is 35.5. The van der Waals surface area contributed by atoms with Crippen LogP contribution in [0.25, 0.3) is 10.1 Å². The maximum absolute atomic E-state index is 12.4. The van der Waals surface area contributed by atoms with E-state index in [0.29, 0.717) is 22.2 Å². The summed E-state index contributed by atoms with van der Waals surface area (Å²) in [7, 11) is 3.16. The minimum atomic E-state index is -0.718. The van der Waals surface area contributed by atoms with Crippen LogP contribution in [0.2, 0.25) is 5.02 Å². The maximum atomic E-state index is 12.4. The van der Waals surface area contributed by atoms with Gasteiger partial charge in [0.05, 0.1) is 12.1 Å². The summed E-state index contributed by atoms with van der Waals surface area (Å²) in [6.45, 7) is -0.488. The number of nitrogens with zero attached hydrogens (tertiary/aromatic N) is 1. The van der Waals surface area contributed by atoms with Crippen LogP contribution >= 0.6 is 22.9 Å². The maximum Gasteiger partial charge on any atom is 0.325 e. The Bertz CT molecular complexity index is 1110. The van der Waals surface area contributed by atoms with Gasteiger partial charge >= 0.3 is 5.97 Å². The summed E-state index contributed by atoms with van der Waals surface area (Å²) >= 11 is 7.51. The van der Waals surface area contributed by atoms with Gasteiger partial charge < -0.3 is 19.7 Å². The number of rotatable bonds is 8. The number of hydrogen-bond donors (Lipinski definition) is 1. The summed E-state index contributed by atoms with van der Waals surface area (Å²) in [5.74, 6) is -0.896. The SMILES string of the molecule is COc1ccccc1CN(C)C(=O)COC(=O)CNC(=O)c1sc2ccccc2c1Cl. The lowest BCUT2D eigenvalue weighted by Gasteiger charge is -2.18. The van der Waals surface area contributed by atoms with Crippen molar-refractivity contribution in [3.63, 3.8) is 0 Å². The number of ether oxygens (including phenoxy) is 2. The highest BCUT2D eigenvalue weighted by Crippen LogP contribution is 2.34. The summed E-state index contributed by atoms with van der Waals surface area (Å²) < 4.78 is 11.1. The van der Waals surface area contributed by atoms with Gasteiger partial charge in [0.15, 0.2) is 6.61 Å². The van der Waals surface area contributed by atoms with E-state index in [0.717, 1.165) is 15.6 Å². The third-order valence-electron chi connectivity index (χ3n) is 4.52. The molecule has 1 aromatic heterocycles. The molecule has 0 aliphatic heterocycles. The third kappa shape index (κ3) is 5.53. The summed E-state index contributed by atoms with van der Waals surface area (Å²) in [5, 5.41) is 3.61. The molecule has 0 aliphatic rings. The number of carbonyl (C=O) groups excluding carboxylic acids is 3. The van der Waals surface area contributed by atoms with Gasteiger partial charge in [-0.2, -0.15) is 0 Å². The van der Waals surface area contributed by atoms with Crippen molar-refractivity contribution in [2.24, 2.45) is 0 Å². The van der Waals surface area contributed by atoms with E-state index < -0.39 is 18.5 Å². The molecule has 7 nitrogen and oxygen atoms in total. The number of hydrogen-bond acceptors (Lipinski definition) is 6. The Labute approximate surface area is 188 Å². The van der Waals surface area contributed by atoms with E-state index in [1.165, 1.54) is 16.2 Å². The fourth-order valence-corrected chi connectivity index (χ4v) is 4.31. The molecule has 0 saturated heterocycles. The first-order valence-electron chi connectivity index (χ1n) is 9.37. The number of nitrogens with one attached hydrogen (secondary N) is 1. The Hall–Kier alpha value is -3.10. The predicted octanol–water partition coefficient (Wildman–Crippen LogP) is 3.49. The number of amides is 2. The first kappa shape index (κ1) is 22.6. The first-order valence-corrected chi connectivity index (χ1v) is 10.6. The van der Waals surface area contributed by atoms with E-state index in [1.54, 1.807) is 20.2 Å². The van der Waals surface area contributed by atoms with Crippen molar-refractivity contribution < 1.29 is 23.9 Å². The summed E-state index contributed by atoms with van der Waals surface area (Å²) in [6, 6.07) is 14.7. The van der Waals surface area contributed by atoms with Crippen molar-refractivity contribution in [2.75, 3.05) is 27.3 Å². The van der Waals surface area contributed by atoms with E-state index >= 15 is 0 Å². The van der Waals surface area contributed by atoms with E-state index in [1.807, 2.05) is 42.5 Å². The van der Waals surface area contributed by atoms with E-state index in [2.05, 4.69) is 5.32 Å². The molecular weight excluding hydrogens is 440 g/mol. The van der Waals surface area contributed by atoms with E-state index in [9.17, 15) is 14.4 Å². The number of para-hydroxylation sites is 1. The van der Waals surface area contributed by atoms with Gasteiger partial charge in [0.1, 0.15) is 17.2 Å². The Morgan fingerprint density at radius 3 is 2.55 bits per heavy atom. The quantitative estimate of drug-likeness (QED) is 0.520. The van der Waals surface area contributed by atoms with Crippen LogP contribution in [0.4, 0.5) is 0 Å². The highest BCUT2D eigenvalue weighted by Gasteiger charge is 2.19.